The number of para-hydroxylation sites is 1. The van der Waals surface area contributed by atoms with Crippen molar-refractivity contribution in [2.75, 3.05) is 5.32 Å². The molecule has 0 saturated carbocycles. The van der Waals surface area contributed by atoms with Crippen molar-refractivity contribution in [2.24, 2.45) is 0 Å². The molecule has 1 amide bonds. The van der Waals surface area contributed by atoms with Crippen LogP contribution < -0.4 is 5.32 Å². The minimum atomic E-state index is -0.150. The maximum Gasteiger partial charge on any atom is 0.246 e. The lowest BCUT2D eigenvalue weighted by atomic mass is 10.1. The fourth-order valence-electron chi connectivity index (χ4n) is 2.57. The van der Waals surface area contributed by atoms with Gasteiger partial charge in [0.2, 0.25) is 5.91 Å². The van der Waals surface area contributed by atoms with Crippen LogP contribution in [0.1, 0.15) is 17.1 Å². The van der Waals surface area contributed by atoms with Crippen molar-refractivity contribution < 1.29 is 4.79 Å². The molecule has 3 aromatic rings. The van der Waals surface area contributed by atoms with Crippen LogP contribution in [0.25, 0.3) is 10.9 Å². The van der Waals surface area contributed by atoms with Gasteiger partial charge in [0.25, 0.3) is 0 Å². The predicted octanol–water partition coefficient (Wildman–Crippen LogP) is 3.65. The van der Waals surface area contributed by atoms with Gasteiger partial charge in [-0.05, 0) is 32.9 Å². The standard InChI is InChI=1S/C17H17ClN4O/c1-10-8-15(13-6-4-5-7-14(13)19-10)20-16(23)9-22-12(3)17(18)11(2)21-22/h4-8H,9H2,1-3H3,(H,19,20,23). The van der Waals surface area contributed by atoms with Crippen molar-refractivity contribution in [1.82, 2.24) is 14.8 Å². The number of amides is 1. The van der Waals surface area contributed by atoms with Crippen LogP contribution in [-0.2, 0) is 11.3 Å². The van der Waals surface area contributed by atoms with Gasteiger partial charge in [-0.15, -0.1) is 0 Å². The normalized spacial score (nSPS) is 11.0. The lowest BCUT2D eigenvalue weighted by molar-refractivity contribution is -0.116. The van der Waals surface area contributed by atoms with Crippen molar-refractivity contribution in [1.29, 1.82) is 0 Å². The van der Waals surface area contributed by atoms with Crippen LogP contribution in [0.2, 0.25) is 5.02 Å². The van der Waals surface area contributed by atoms with Gasteiger partial charge in [0.15, 0.2) is 0 Å². The summed E-state index contributed by atoms with van der Waals surface area (Å²) in [6.07, 6.45) is 0. The largest absolute Gasteiger partial charge is 0.324 e. The molecule has 0 atom stereocenters. The number of nitrogens with zero attached hydrogens (tertiary/aromatic N) is 3. The molecular weight excluding hydrogens is 312 g/mol. The molecular formula is C17H17ClN4O. The first-order valence-electron chi connectivity index (χ1n) is 7.31. The van der Waals surface area contributed by atoms with Crippen molar-refractivity contribution >= 4 is 34.1 Å². The molecule has 6 heteroatoms. The third kappa shape index (κ3) is 3.05. The van der Waals surface area contributed by atoms with Gasteiger partial charge in [-0.3, -0.25) is 14.5 Å². The van der Waals surface area contributed by atoms with Crippen LogP contribution in [0.5, 0.6) is 0 Å². The molecule has 2 aromatic heterocycles. The highest BCUT2D eigenvalue weighted by Gasteiger charge is 2.13. The van der Waals surface area contributed by atoms with Gasteiger partial charge < -0.3 is 5.32 Å². The number of pyridine rings is 1. The van der Waals surface area contributed by atoms with Crippen molar-refractivity contribution in [3.05, 3.63) is 52.4 Å². The molecule has 0 aliphatic heterocycles. The van der Waals surface area contributed by atoms with E-state index in [1.165, 1.54) is 0 Å². The molecule has 0 radical (unpaired) electrons. The smallest absolute Gasteiger partial charge is 0.246 e. The lowest BCUT2D eigenvalue weighted by Crippen LogP contribution is -2.20. The summed E-state index contributed by atoms with van der Waals surface area (Å²) in [5.74, 6) is -0.150. The van der Waals surface area contributed by atoms with Crippen LogP contribution >= 0.6 is 11.6 Å². The fraction of sp³-hybridized carbons (Fsp3) is 0.235. The Kier molecular flexibility index (Phi) is 4.05. The highest BCUT2D eigenvalue weighted by molar-refractivity contribution is 6.31. The van der Waals surface area contributed by atoms with Crippen molar-refractivity contribution in [3.63, 3.8) is 0 Å². The molecule has 0 unspecified atom stereocenters. The summed E-state index contributed by atoms with van der Waals surface area (Å²) in [5, 5.41) is 8.74. The number of carbonyl (C=O) groups is 1. The molecule has 1 aromatic carbocycles. The number of fused-ring (bicyclic) bond motifs is 1. The molecule has 3 rings (SSSR count). The summed E-state index contributed by atoms with van der Waals surface area (Å²) in [7, 11) is 0. The minimum absolute atomic E-state index is 0.120. The minimum Gasteiger partial charge on any atom is -0.324 e. The van der Waals surface area contributed by atoms with E-state index in [4.69, 9.17) is 11.6 Å². The van der Waals surface area contributed by atoms with Crippen LogP contribution in [0.3, 0.4) is 0 Å². The van der Waals surface area contributed by atoms with E-state index >= 15 is 0 Å². The Morgan fingerprint density at radius 2 is 2.00 bits per heavy atom. The van der Waals surface area contributed by atoms with Gasteiger partial charge in [-0.25, -0.2) is 0 Å². The Morgan fingerprint density at radius 1 is 1.26 bits per heavy atom. The van der Waals surface area contributed by atoms with E-state index in [9.17, 15) is 4.79 Å². The quantitative estimate of drug-likeness (QED) is 0.798. The monoisotopic (exact) mass is 328 g/mol. The molecule has 0 bridgehead atoms. The van der Waals surface area contributed by atoms with Crippen LogP contribution in [0.4, 0.5) is 5.69 Å². The number of aryl methyl sites for hydroxylation is 2. The number of hydrogen-bond acceptors (Lipinski definition) is 3. The summed E-state index contributed by atoms with van der Waals surface area (Å²) >= 11 is 6.12. The van der Waals surface area contributed by atoms with E-state index in [1.54, 1.807) is 4.68 Å². The van der Waals surface area contributed by atoms with Crippen LogP contribution in [-0.4, -0.2) is 20.7 Å². The number of carbonyl (C=O) groups excluding carboxylic acids is 1. The first-order valence-corrected chi connectivity index (χ1v) is 7.69. The Hall–Kier alpha value is -2.40. The molecule has 1 N–H and O–H groups in total. The third-order valence-electron chi connectivity index (χ3n) is 3.70. The van der Waals surface area contributed by atoms with Gasteiger partial charge in [-0.1, -0.05) is 29.8 Å². The zero-order valence-electron chi connectivity index (χ0n) is 13.2. The predicted molar refractivity (Wildman–Crippen MR) is 91.8 cm³/mol. The van der Waals surface area contributed by atoms with E-state index < -0.39 is 0 Å². The highest BCUT2D eigenvalue weighted by Crippen LogP contribution is 2.23. The van der Waals surface area contributed by atoms with Crippen molar-refractivity contribution in [3.8, 4) is 0 Å². The average Bonchev–Trinajstić information content (AvgIpc) is 2.74. The summed E-state index contributed by atoms with van der Waals surface area (Å²) < 4.78 is 1.61. The Labute approximate surface area is 139 Å². The second-order valence-corrected chi connectivity index (χ2v) is 5.90. The summed E-state index contributed by atoms with van der Waals surface area (Å²) in [4.78, 5) is 16.8. The van der Waals surface area contributed by atoms with Crippen molar-refractivity contribution in [2.45, 2.75) is 27.3 Å². The number of benzene rings is 1. The number of hydrogen-bond donors (Lipinski definition) is 1. The van der Waals surface area contributed by atoms with E-state index in [0.29, 0.717) is 5.02 Å². The summed E-state index contributed by atoms with van der Waals surface area (Å²) in [5.41, 5.74) is 3.98. The number of nitrogens with one attached hydrogen (secondary N) is 1. The molecule has 0 spiro atoms. The van der Waals surface area contributed by atoms with Gasteiger partial charge in [0.05, 0.1) is 27.6 Å². The molecule has 118 valence electrons. The molecule has 0 saturated heterocycles. The van der Waals surface area contributed by atoms with E-state index in [2.05, 4.69) is 15.4 Å². The first-order chi connectivity index (χ1) is 11.0. The SMILES string of the molecule is Cc1cc(NC(=O)Cn2nc(C)c(Cl)c2C)c2ccccc2n1. The van der Waals surface area contributed by atoms with Gasteiger partial charge in [0, 0.05) is 11.1 Å². The fourth-order valence-corrected chi connectivity index (χ4v) is 2.70. The molecule has 0 fully saturated rings. The van der Waals surface area contributed by atoms with Gasteiger partial charge in [0.1, 0.15) is 6.54 Å². The number of anilines is 1. The maximum atomic E-state index is 12.4. The van der Waals surface area contributed by atoms with Crippen LogP contribution in [0, 0.1) is 20.8 Å². The number of halogens is 1. The summed E-state index contributed by atoms with van der Waals surface area (Å²) in [6.45, 7) is 5.70. The average molecular weight is 329 g/mol. The highest BCUT2D eigenvalue weighted by atomic mass is 35.5. The Bertz CT molecular complexity index is 901. The molecule has 0 aliphatic rings. The lowest BCUT2D eigenvalue weighted by Gasteiger charge is -2.10. The summed E-state index contributed by atoms with van der Waals surface area (Å²) in [6, 6.07) is 9.60. The second kappa shape index (κ2) is 6.01. The van der Waals surface area contributed by atoms with E-state index in [0.717, 1.165) is 33.7 Å². The van der Waals surface area contributed by atoms with E-state index in [1.807, 2.05) is 51.1 Å². The van der Waals surface area contributed by atoms with Gasteiger partial charge >= 0.3 is 0 Å². The third-order valence-corrected chi connectivity index (χ3v) is 4.25. The zero-order chi connectivity index (χ0) is 16.6. The number of aromatic nitrogens is 3. The molecule has 23 heavy (non-hydrogen) atoms. The molecule has 5 nitrogen and oxygen atoms in total. The number of rotatable bonds is 3. The molecule has 0 aliphatic carbocycles. The molecule has 2 heterocycles. The maximum absolute atomic E-state index is 12.4. The second-order valence-electron chi connectivity index (χ2n) is 5.52. The Balaban J connectivity index is 1.87. The van der Waals surface area contributed by atoms with E-state index in [-0.39, 0.29) is 12.5 Å². The van der Waals surface area contributed by atoms with Crippen LogP contribution in [0.15, 0.2) is 30.3 Å². The Morgan fingerprint density at radius 3 is 2.70 bits per heavy atom. The first kappa shape index (κ1) is 15.5. The zero-order valence-corrected chi connectivity index (χ0v) is 14.0. The van der Waals surface area contributed by atoms with Gasteiger partial charge in [-0.2, -0.15) is 5.10 Å². The topological polar surface area (TPSA) is 59.8 Å².